The van der Waals surface area contributed by atoms with Crippen LogP contribution < -0.4 is 21.1 Å². The highest BCUT2D eigenvalue weighted by Crippen LogP contribution is 2.23. The molecular formula is C15H17N5O3. The minimum absolute atomic E-state index is 0.0417. The van der Waals surface area contributed by atoms with Crippen LogP contribution in [0.5, 0.6) is 5.75 Å². The first kappa shape index (κ1) is 16.2. The maximum Gasteiger partial charge on any atom is 0.412 e. The SMILES string of the molecule is CCNC(=O)Oc1cccc(-c2cnc(N)c(C(=O)NC)n2)c1. The van der Waals surface area contributed by atoms with Crippen LogP contribution in [0.15, 0.2) is 30.5 Å². The van der Waals surface area contributed by atoms with Crippen molar-refractivity contribution in [2.24, 2.45) is 0 Å². The van der Waals surface area contributed by atoms with E-state index in [2.05, 4.69) is 20.6 Å². The lowest BCUT2D eigenvalue weighted by Gasteiger charge is -2.08. The summed E-state index contributed by atoms with van der Waals surface area (Å²) in [7, 11) is 1.48. The van der Waals surface area contributed by atoms with E-state index in [1.807, 2.05) is 0 Å². The first-order valence-electron chi connectivity index (χ1n) is 6.95. The Hall–Kier alpha value is -3.16. The van der Waals surface area contributed by atoms with E-state index < -0.39 is 12.0 Å². The molecule has 0 radical (unpaired) electrons. The molecule has 0 unspecified atom stereocenters. The Kier molecular flexibility index (Phi) is 5.08. The molecule has 120 valence electrons. The van der Waals surface area contributed by atoms with Crippen molar-refractivity contribution in [3.8, 4) is 17.0 Å². The zero-order valence-electron chi connectivity index (χ0n) is 12.8. The summed E-state index contributed by atoms with van der Waals surface area (Å²) in [6, 6.07) is 6.74. The molecule has 1 aromatic carbocycles. The maximum absolute atomic E-state index is 11.7. The molecule has 23 heavy (non-hydrogen) atoms. The number of aromatic nitrogens is 2. The molecule has 0 aliphatic carbocycles. The Morgan fingerprint density at radius 1 is 1.35 bits per heavy atom. The van der Waals surface area contributed by atoms with Crippen LogP contribution in [0, 0.1) is 0 Å². The highest BCUT2D eigenvalue weighted by molar-refractivity contribution is 5.96. The number of rotatable bonds is 4. The van der Waals surface area contributed by atoms with Gasteiger partial charge in [0.05, 0.1) is 11.9 Å². The van der Waals surface area contributed by atoms with Crippen molar-refractivity contribution < 1.29 is 14.3 Å². The number of nitrogens with two attached hydrogens (primary N) is 1. The summed E-state index contributed by atoms with van der Waals surface area (Å²) < 4.78 is 5.14. The van der Waals surface area contributed by atoms with Crippen LogP contribution in [0.3, 0.4) is 0 Å². The number of amides is 2. The van der Waals surface area contributed by atoms with Gasteiger partial charge in [0.1, 0.15) is 5.75 Å². The number of nitrogen functional groups attached to an aromatic ring is 1. The van der Waals surface area contributed by atoms with Crippen LogP contribution in [0.25, 0.3) is 11.3 Å². The van der Waals surface area contributed by atoms with Gasteiger partial charge < -0.3 is 21.1 Å². The number of benzene rings is 1. The van der Waals surface area contributed by atoms with E-state index in [1.54, 1.807) is 31.2 Å². The van der Waals surface area contributed by atoms with Crippen LogP contribution in [0.1, 0.15) is 17.4 Å². The minimum Gasteiger partial charge on any atom is -0.410 e. The van der Waals surface area contributed by atoms with Crippen LogP contribution in [0.4, 0.5) is 10.6 Å². The molecule has 0 atom stereocenters. The van der Waals surface area contributed by atoms with Crippen LogP contribution >= 0.6 is 0 Å². The number of nitrogens with one attached hydrogen (secondary N) is 2. The maximum atomic E-state index is 11.7. The lowest BCUT2D eigenvalue weighted by atomic mass is 10.1. The predicted octanol–water partition coefficient (Wildman–Crippen LogP) is 1.19. The van der Waals surface area contributed by atoms with E-state index in [-0.39, 0.29) is 11.5 Å². The Labute approximate surface area is 133 Å². The van der Waals surface area contributed by atoms with Gasteiger partial charge in [0.25, 0.3) is 5.91 Å². The second kappa shape index (κ2) is 7.21. The number of carbonyl (C=O) groups excluding carboxylic acids is 2. The third-order valence-corrected chi connectivity index (χ3v) is 2.90. The van der Waals surface area contributed by atoms with Gasteiger partial charge in [-0.1, -0.05) is 12.1 Å². The highest BCUT2D eigenvalue weighted by Gasteiger charge is 2.13. The van der Waals surface area contributed by atoms with Gasteiger partial charge in [-0.15, -0.1) is 0 Å². The molecule has 0 saturated heterocycles. The summed E-state index contributed by atoms with van der Waals surface area (Å²) in [5.74, 6) is -0.0250. The third-order valence-electron chi connectivity index (χ3n) is 2.90. The Balaban J connectivity index is 2.32. The van der Waals surface area contributed by atoms with Crippen molar-refractivity contribution >= 4 is 17.8 Å². The fourth-order valence-corrected chi connectivity index (χ4v) is 1.83. The lowest BCUT2D eigenvalue weighted by molar-refractivity contribution is 0.0959. The molecule has 2 rings (SSSR count). The second-order valence-electron chi connectivity index (χ2n) is 4.52. The average Bonchev–Trinajstić information content (AvgIpc) is 2.55. The molecule has 0 aliphatic rings. The van der Waals surface area contributed by atoms with Crippen molar-refractivity contribution in [1.82, 2.24) is 20.6 Å². The molecule has 8 nitrogen and oxygen atoms in total. The average molecular weight is 315 g/mol. The molecule has 0 bridgehead atoms. The standard InChI is InChI=1S/C15H17N5O3/c1-3-18-15(22)23-10-6-4-5-9(7-10)11-8-19-13(16)12(20-11)14(21)17-2/h4-8H,3H2,1-2H3,(H2,16,19)(H,17,21)(H,18,22). The van der Waals surface area contributed by atoms with E-state index in [0.717, 1.165) is 0 Å². The first-order chi connectivity index (χ1) is 11.0. The zero-order valence-corrected chi connectivity index (χ0v) is 12.8. The molecule has 2 aromatic rings. The van der Waals surface area contributed by atoms with E-state index in [1.165, 1.54) is 13.2 Å². The number of carbonyl (C=O) groups is 2. The second-order valence-corrected chi connectivity index (χ2v) is 4.52. The summed E-state index contributed by atoms with van der Waals surface area (Å²) in [6.07, 6.45) is 0.909. The molecule has 0 saturated carbocycles. The van der Waals surface area contributed by atoms with Crippen molar-refractivity contribution in [2.45, 2.75) is 6.92 Å². The molecule has 1 heterocycles. The van der Waals surface area contributed by atoms with Crippen molar-refractivity contribution in [2.75, 3.05) is 19.3 Å². The summed E-state index contributed by atoms with van der Waals surface area (Å²) >= 11 is 0. The smallest absolute Gasteiger partial charge is 0.410 e. The molecule has 0 aliphatic heterocycles. The molecule has 1 aromatic heterocycles. The quantitative estimate of drug-likeness (QED) is 0.779. The Bertz CT molecular complexity index is 733. The number of hydrogen-bond acceptors (Lipinski definition) is 6. The number of hydrogen-bond donors (Lipinski definition) is 3. The molecule has 0 fully saturated rings. The third kappa shape index (κ3) is 3.94. The van der Waals surface area contributed by atoms with Gasteiger partial charge in [0.2, 0.25) is 0 Å². The summed E-state index contributed by atoms with van der Waals surface area (Å²) in [5, 5.41) is 4.99. The van der Waals surface area contributed by atoms with Gasteiger partial charge in [0.15, 0.2) is 11.5 Å². The minimum atomic E-state index is -0.543. The van der Waals surface area contributed by atoms with E-state index in [4.69, 9.17) is 10.5 Å². The lowest BCUT2D eigenvalue weighted by Crippen LogP contribution is -2.26. The van der Waals surface area contributed by atoms with Crippen LogP contribution in [-0.4, -0.2) is 35.6 Å². The molecule has 4 N–H and O–H groups in total. The van der Waals surface area contributed by atoms with E-state index in [9.17, 15) is 9.59 Å². The highest BCUT2D eigenvalue weighted by atomic mass is 16.6. The summed E-state index contributed by atoms with van der Waals surface area (Å²) in [4.78, 5) is 31.4. The van der Waals surface area contributed by atoms with Crippen LogP contribution in [-0.2, 0) is 0 Å². The normalized spacial score (nSPS) is 10.0. The molecule has 0 spiro atoms. The molecule has 2 amide bonds. The number of ether oxygens (including phenoxy) is 1. The van der Waals surface area contributed by atoms with Gasteiger partial charge >= 0.3 is 6.09 Å². The predicted molar refractivity (Wildman–Crippen MR) is 85.0 cm³/mol. The van der Waals surface area contributed by atoms with Crippen LogP contribution in [0.2, 0.25) is 0 Å². The van der Waals surface area contributed by atoms with Crippen molar-refractivity contribution in [1.29, 1.82) is 0 Å². The van der Waals surface area contributed by atoms with Crippen molar-refractivity contribution in [3.05, 3.63) is 36.2 Å². The summed E-state index contributed by atoms with van der Waals surface area (Å²) in [5.41, 5.74) is 6.79. The topological polar surface area (TPSA) is 119 Å². The van der Waals surface area contributed by atoms with Gasteiger partial charge in [-0.2, -0.15) is 0 Å². The number of nitrogens with zero attached hydrogens (tertiary/aromatic N) is 2. The Morgan fingerprint density at radius 3 is 2.83 bits per heavy atom. The van der Waals surface area contributed by atoms with Gasteiger partial charge in [-0.05, 0) is 19.1 Å². The first-order valence-corrected chi connectivity index (χ1v) is 6.95. The zero-order chi connectivity index (χ0) is 16.8. The number of anilines is 1. The summed E-state index contributed by atoms with van der Waals surface area (Å²) in [6.45, 7) is 2.26. The van der Waals surface area contributed by atoms with E-state index >= 15 is 0 Å². The largest absolute Gasteiger partial charge is 0.412 e. The fourth-order valence-electron chi connectivity index (χ4n) is 1.83. The van der Waals surface area contributed by atoms with E-state index in [0.29, 0.717) is 23.6 Å². The monoisotopic (exact) mass is 315 g/mol. The van der Waals surface area contributed by atoms with Crippen molar-refractivity contribution in [3.63, 3.8) is 0 Å². The van der Waals surface area contributed by atoms with Gasteiger partial charge in [-0.25, -0.2) is 14.8 Å². The Morgan fingerprint density at radius 2 is 2.13 bits per heavy atom. The fraction of sp³-hybridized carbons (Fsp3) is 0.200. The molecular weight excluding hydrogens is 298 g/mol. The van der Waals surface area contributed by atoms with Gasteiger partial charge in [-0.3, -0.25) is 4.79 Å². The molecule has 8 heteroatoms. The van der Waals surface area contributed by atoms with Gasteiger partial charge in [0, 0.05) is 19.2 Å².